The lowest BCUT2D eigenvalue weighted by Gasteiger charge is -2.28. The molecule has 0 amide bonds. The maximum Gasteiger partial charge on any atom is 0.151 e. The van der Waals surface area contributed by atoms with Gasteiger partial charge in [0.15, 0.2) is 19.5 Å². The predicted molar refractivity (Wildman–Crippen MR) is 94.5 cm³/mol. The SMILES string of the molecule is CCCCCC(C)(C)[SiH2]O[SiH2]C(C)(C)CCCCC. The molecule has 0 heterocycles. The molecule has 116 valence electrons. The van der Waals surface area contributed by atoms with Gasteiger partial charge in [-0.25, -0.2) is 0 Å². The molecule has 0 rings (SSSR count). The van der Waals surface area contributed by atoms with Gasteiger partial charge in [-0.1, -0.05) is 80.1 Å². The van der Waals surface area contributed by atoms with Gasteiger partial charge < -0.3 is 4.12 Å². The van der Waals surface area contributed by atoms with Crippen LogP contribution in [0.4, 0.5) is 0 Å². The zero-order valence-corrected chi connectivity index (χ0v) is 17.3. The summed E-state index contributed by atoms with van der Waals surface area (Å²) in [7, 11) is -0.671. The Morgan fingerprint density at radius 2 is 1.05 bits per heavy atom. The first-order chi connectivity index (χ1) is 8.83. The van der Waals surface area contributed by atoms with Gasteiger partial charge in [0.05, 0.1) is 0 Å². The molecule has 1 nitrogen and oxygen atoms in total. The fourth-order valence-corrected chi connectivity index (χ4v) is 8.07. The van der Waals surface area contributed by atoms with Gasteiger partial charge >= 0.3 is 0 Å². The van der Waals surface area contributed by atoms with E-state index in [2.05, 4.69) is 41.5 Å². The number of hydrogen-bond acceptors (Lipinski definition) is 1. The van der Waals surface area contributed by atoms with Crippen LogP contribution in [0.15, 0.2) is 0 Å². The highest BCUT2D eigenvalue weighted by atomic mass is 28.3. The van der Waals surface area contributed by atoms with E-state index in [-0.39, 0.29) is 19.5 Å². The van der Waals surface area contributed by atoms with Crippen LogP contribution in [0.5, 0.6) is 0 Å². The number of hydrogen-bond donors (Lipinski definition) is 0. The summed E-state index contributed by atoms with van der Waals surface area (Å²) in [6.07, 6.45) is 11.0. The van der Waals surface area contributed by atoms with E-state index in [0.717, 1.165) is 0 Å². The largest absolute Gasteiger partial charge is 0.464 e. The third-order valence-electron chi connectivity index (χ3n) is 3.90. The Balaban J connectivity index is 3.79. The molecule has 0 unspecified atom stereocenters. The van der Waals surface area contributed by atoms with Crippen molar-refractivity contribution in [3.63, 3.8) is 0 Å². The van der Waals surface area contributed by atoms with Crippen LogP contribution in [0.3, 0.4) is 0 Å². The van der Waals surface area contributed by atoms with Gasteiger partial charge in [-0.05, 0) is 22.9 Å². The first kappa shape index (κ1) is 19.4. The lowest BCUT2D eigenvalue weighted by atomic mass is 10.0. The third kappa shape index (κ3) is 11.9. The summed E-state index contributed by atoms with van der Waals surface area (Å²) in [6, 6.07) is 0. The van der Waals surface area contributed by atoms with Crippen LogP contribution in [-0.2, 0) is 4.12 Å². The van der Waals surface area contributed by atoms with Crippen LogP contribution in [0, 0.1) is 0 Å². The van der Waals surface area contributed by atoms with Crippen molar-refractivity contribution in [1.82, 2.24) is 0 Å². The van der Waals surface area contributed by atoms with E-state index in [1.54, 1.807) is 0 Å². The summed E-state index contributed by atoms with van der Waals surface area (Å²) in [5.41, 5.74) is 0. The van der Waals surface area contributed by atoms with E-state index in [4.69, 9.17) is 4.12 Å². The maximum absolute atomic E-state index is 6.30. The summed E-state index contributed by atoms with van der Waals surface area (Å²) in [6.45, 7) is 14.3. The lowest BCUT2D eigenvalue weighted by molar-refractivity contribution is 0.461. The van der Waals surface area contributed by atoms with E-state index in [1.165, 1.54) is 51.4 Å². The van der Waals surface area contributed by atoms with Crippen LogP contribution < -0.4 is 0 Å². The minimum atomic E-state index is -0.335. The van der Waals surface area contributed by atoms with Crippen LogP contribution in [0.25, 0.3) is 0 Å². The van der Waals surface area contributed by atoms with E-state index in [1.807, 2.05) is 0 Å². The second kappa shape index (κ2) is 10.2. The van der Waals surface area contributed by atoms with Gasteiger partial charge in [0, 0.05) is 0 Å². The van der Waals surface area contributed by atoms with E-state index < -0.39 is 0 Å². The van der Waals surface area contributed by atoms with Crippen molar-refractivity contribution in [3.8, 4) is 0 Å². The molecule has 0 aromatic rings. The molecule has 0 aliphatic heterocycles. The molecule has 0 fully saturated rings. The zero-order valence-electron chi connectivity index (χ0n) is 14.5. The zero-order chi connectivity index (χ0) is 14.8. The lowest BCUT2D eigenvalue weighted by Crippen LogP contribution is -2.24. The molecule has 0 atom stereocenters. The molecule has 0 spiro atoms. The first-order valence-corrected chi connectivity index (χ1v) is 11.0. The van der Waals surface area contributed by atoms with Crippen LogP contribution >= 0.6 is 0 Å². The Labute approximate surface area is 127 Å². The Hall–Kier alpha value is 0.394. The van der Waals surface area contributed by atoms with E-state index in [9.17, 15) is 0 Å². The molecular weight excluding hydrogens is 264 g/mol. The van der Waals surface area contributed by atoms with Crippen molar-refractivity contribution in [1.29, 1.82) is 0 Å². The summed E-state index contributed by atoms with van der Waals surface area (Å²) in [5, 5.41) is 1.03. The van der Waals surface area contributed by atoms with E-state index in [0.29, 0.717) is 10.1 Å². The number of unbranched alkanes of at least 4 members (excludes halogenated alkanes) is 4. The van der Waals surface area contributed by atoms with Gasteiger partial charge in [0.25, 0.3) is 0 Å². The molecule has 0 saturated carbocycles. The third-order valence-corrected chi connectivity index (χ3v) is 7.80. The molecule has 0 N–H and O–H groups in total. The normalized spacial score (nSPS) is 14.2. The first-order valence-electron chi connectivity index (χ1n) is 8.41. The van der Waals surface area contributed by atoms with Crippen molar-refractivity contribution >= 4 is 19.5 Å². The van der Waals surface area contributed by atoms with Gasteiger partial charge in [-0.3, -0.25) is 0 Å². The summed E-state index contributed by atoms with van der Waals surface area (Å²) in [4.78, 5) is 0. The Morgan fingerprint density at radius 3 is 1.37 bits per heavy atom. The predicted octanol–water partition coefficient (Wildman–Crippen LogP) is 4.73. The molecule has 0 aromatic heterocycles. The van der Waals surface area contributed by atoms with Crippen molar-refractivity contribution in [2.75, 3.05) is 0 Å². The summed E-state index contributed by atoms with van der Waals surface area (Å²) >= 11 is 0. The van der Waals surface area contributed by atoms with Gasteiger partial charge in [-0.2, -0.15) is 0 Å². The molecule has 0 radical (unpaired) electrons. The second-order valence-corrected chi connectivity index (χ2v) is 13.8. The van der Waals surface area contributed by atoms with Gasteiger partial charge in [-0.15, -0.1) is 0 Å². The Kier molecular flexibility index (Phi) is 10.4. The second-order valence-electron chi connectivity index (χ2n) is 7.74. The molecule has 0 aliphatic rings. The molecule has 19 heavy (non-hydrogen) atoms. The molecular formula is C16H38OSi2. The smallest absolute Gasteiger partial charge is 0.151 e. The molecule has 3 heteroatoms. The van der Waals surface area contributed by atoms with Gasteiger partial charge in [0.2, 0.25) is 0 Å². The van der Waals surface area contributed by atoms with Crippen LogP contribution in [0.1, 0.15) is 92.9 Å². The van der Waals surface area contributed by atoms with Crippen LogP contribution in [0.2, 0.25) is 10.1 Å². The number of rotatable bonds is 12. The fraction of sp³-hybridized carbons (Fsp3) is 1.00. The minimum Gasteiger partial charge on any atom is -0.464 e. The van der Waals surface area contributed by atoms with Crippen molar-refractivity contribution in [2.24, 2.45) is 0 Å². The molecule has 0 bridgehead atoms. The molecule has 0 saturated heterocycles. The summed E-state index contributed by atoms with van der Waals surface area (Å²) < 4.78 is 6.30. The van der Waals surface area contributed by atoms with Crippen LogP contribution in [-0.4, -0.2) is 19.5 Å². The topological polar surface area (TPSA) is 9.23 Å². The van der Waals surface area contributed by atoms with E-state index >= 15 is 0 Å². The average Bonchev–Trinajstić information content (AvgIpc) is 2.28. The van der Waals surface area contributed by atoms with Gasteiger partial charge in [0.1, 0.15) is 0 Å². The Morgan fingerprint density at radius 1 is 0.684 bits per heavy atom. The highest BCUT2D eigenvalue weighted by molar-refractivity contribution is 6.46. The highest BCUT2D eigenvalue weighted by Crippen LogP contribution is 2.33. The van der Waals surface area contributed by atoms with Crippen molar-refractivity contribution < 1.29 is 4.12 Å². The maximum atomic E-state index is 6.30. The molecule has 0 aliphatic carbocycles. The van der Waals surface area contributed by atoms with Crippen molar-refractivity contribution in [2.45, 2.75) is 103 Å². The fourth-order valence-electron chi connectivity index (χ4n) is 2.46. The monoisotopic (exact) mass is 302 g/mol. The highest BCUT2D eigenvalue weighted by Gasteiger charge is 2.22. The minimum absolute atomic E-state index is 0.335. The Bertz CT molecular complexity index is 193. The quantitative estimate of drug-likeness (QED) is 0.374. The summed E-state index contributed by atoms with van der Waals surface area (Å²) in [5.74, 6) is 0. The standard InChI is InChI=1S/C16H38OSi2/c1-7-9-11-13-15(3,4)18-17-19-16(5,6)14-12-10-8-2/h7-14,18-19H2,1-6H3. The molecule has 0 aromatic carbocycles. The average molecular weight is 303 g/mol. The van der Waals surface area contributed by atoms with Crippen molar-refractivity contribution in [3.05, 3.63) is 0 Å².